The summed E-state index contributed by atoms with van der Waals surface area (Å²) < 4.78 is 0. The van der Waals surface area contributed by atoms with E-state index in [1.165, 1.54) is 32.1 Å². The molecule has 0 spiro atoms. The van der Waals surface area contributed by atoms with Crippen molar-refractivity contribution in [3.63, 3.8) is 0 Å². The molecule has 1 N–H and O–H groups in total. The van der Waals surface area contributed by atoms with Gasteiger partial charge in [-0.25, -0.2) is 0 Å². The molecular formula is C14H25NO2. The molecular weight excluding hydrogens is 214 g/mol. The van der Waals surface area contributed by atoms with E-state index < -0.39 is 0 Å². The highest BCUT2D eigenvalue weighted by molar-refractivity contribution is 5.93. The molecule has 1 aliphatic rings. The Bertz CT molecular complexity index is 251. The fraction of sp³-hybridized carbons (Fsp3) is 0.857. The number of rotatable bonds is 9. The molecule has 0 heterocycles. The second kappa shape index (κ2) is 8.26. The maximum Gasteiger partial charge on any atom is 0.220 e. The van der Waals surface area contributed by atoms with E-state index in [9.17, 15) is 9.59 Å². The van der Waals surface area contributed by atoms with E-state index in [0.29, 0.717) is 12.8 Å². The molecule has 1 atom stereocenters. The predicted octanol–water partition coefficient (Wildman–Crippen LogP) is 2.97. The number of ketones is 1. The zero-order chi connectivity index (χ0) is 12.5. The van der Waals surface area contributed by atoms with Gasteiger partial charge in [0.05, 0.1) is 6.04 Å². The number of nitrogens with one attached hydrogen (secondary N) is 1. The molecule has 1 rings (SSSR count). The molecule has 1 aliphatic carbocycles. The van der Waals surface area contributed by atoms with Crippen LogP contribution in [0.4, 0.5) is 0 Å². The van der Waals surface area contributed by atoms with Crippen molar-refractivity contribution in [2.75, 3.05) is 0 Å². The summed E-state index contributed by atoms with van der Waals surface area (Å²) in [6.07, 6.45) is 10.6. The molecule has 3 nitrogen and oxygen atoms in total. The SMILES string of the molecule is CCCCCCCCCC(=O)N[C@H]1CCC1=O. The lowest BCUT2D eigenvalue weighted by molar-refractivity contribution is -0.132. The summed E-state index contributed by atoms with van der Waals surface area (Å²) in [6, 6.07) is -0.160. The van der Waals surface area contributed by atoms with Crippen LogP contribution in [0.5, 0.6) is 0 Å². The van der Waals surface area contributed by atoms with Crippen molar-refractivity contribution in [1.82, 2.24) is 5.32 Å². The highest BCUT2D eigenvalue weighted by Crippen LogP contribution is 2.14. The quantitative estimate of drug-likeness (QED) is 0.629. The van der Waals surface area contributed by atoms with E-state index >= 15 is 0 Å². The normalized spacial score (nSPS) is 18.9. The largest absolute Gasteiger partial charge is 0.346 e. The van der Waals surface area contributed by atoms with Gasteiger partial charge in [-0.2, -0.15) is 0 Å². The van der Waals surface area contributed by atoms with Gasteiger partial charge in [0, 0.05) is 12.8 Å². The van der Waals surface area contributed by atoms with Crippen LogP contribution in [-0.2, 0) is 9.59 Å². The summed E-state index contributed by atoms with van der Waals surface area (Å²) in [6.45, 7) is 2.21. The third-order valence-corrected chi connectivity index (χ3v) is 3.41. The minimum atomic E-state index is -0.160. The standard InChI is InChI=1S/C14H25NO2/c1-2-3-4-5-6-7-8-9-14(17)15-12-10-11-13(12)16/h12H,2-11H2,1H3,(H,15,17)/t12-/m0/s1. The zero-order valence-corrected chi connectivity index (χ0v) is 11.0. The second-order valence-electron chi connectivity index (χ2n) is 5.00. The van der Waals surface area contributed by atoms with Crippen molar-refractivity contribution in [1.29, 1.82) is 0 Å². The molecule has 0 unspecified atom stereocenters. The molecule has 0 saturated heterocycles. The first kappa shape index (κ1) is 14.2. The van der Waals surface area contributed by atoms with Gasteiger partial charge in [0.1, 0.15) is 0 Å². The Labute approximate surface area is 104 Å². The van der Waals surface area contributed by atoms with Gasteiger partial charge in [0.2, 0.25) is 5.91 Å². The summed E-state index contributed by atoms with van der Waals surface area (Å²) in [7, 11) is 0. The maximum atomic E-state index is 11.5. The third-order valence-electron chi connectivity index (χ3n) is 3.41. The monoisotopic (exact) mass is 239 g/mol. The van der Waals surface area contributed by atoms with E-state index in [4.69, 9.17) is 0 Å². The van der Waals surface area contributed by atoms with E-state index in [2.05, 4.69) is 12.2 Å². The highest BCUT2D eigenvalue weighted by Gasteiger charge is 2.28. The van der Waals surface area contributed by atoms with Crippen LogP contribution in [0.2, 0.25) is 0 Å². The lowest BCUT2D eigenvalue weighted by Crippen LogP contribution is -2.47. The van der Waals surface area contributed by atoms with Gasteiger partial charge in [0.15, 0.2) is 5.78 Å². The molecule has 17 heavy (non-hydrogen) atoms. The van der Waals surface area contributed by atoms with Gasteiger partial charge >= 0.3 is 0 Å². The van der Waals surface area contributed by atoms with Crippen LogP contribution >= 0.6 is 0 Å². The zero-order valence-electron chi connectivity index (χ0n) is 11.0. The maximum absolute atomic E-state index is 11.5. The highest BCUT2D eigenvalue weighted by atomic mass is 16.2. The molecule has 1 saturated carbocycles. The number of Topliss-reactive ketones (excluding diaryl/α,β-unsaturated/α-hetero) is 1. The Morgan fingerprint density at radius 2 is 1.82 bits per heavy atom. The Morgan fingerprint density at radius 3 is 2.35 bits per heavy atom. The van der Waals surface area contributed by atoms with Crippen molar-refractivity contribution in [2.45, 2.75) is 77.2 Å². The number of carbonyl (C=O) groups excluding carboxylic acids is 2. The first-order valence-corrected chi connectivity index (χ1v) is 7.06. The predicted molar refractivity (Wildman–Crippen MR) is 68.8 cm³/mol. The molecule has 0 bridgehead atoms. The Balaban J connectivity index is 1.88. The lowest BCUT2D eigenvalue weighted by atomic mass is 9.91. The van der Waals surface area contributed by atoms with E-state index in [1.54, 1.807) is 0 Å². The van der Waals surface area contributed by atoms with Crippen LogP contribution in [0.15, 0.2) is 0 Å². The topological polar surface area (TPSA) is 46.2 Å². The number of amides is 1. The lowest BCUT2D eigenvalue weighted by Gasteiger charge is -2.24. The molecule has 1 amide bonds. The number of hydrogen-bond acceptors (Lipinski definition) is 2. The summed E-state index contributed by atoms with van der Waals surface area (Å²) in [5.41, 5.74) is 0. The van der Waals surface area contributed by atoms with Crippen molar-refractivity contribution in [2.24, 2.45) is 0 Å². The van der Waals surface area contributed by atoms with Crippen LogP contribution < -0.4 is 5.32 Å². The van der Waals surface area contributed by atoms with Crippen LogP contribution in [0.25, 0.3) is 0 Å². The number of unbranched alkanes of at least 4 members (excludes halogenated alkanes) is 6. The molecule has 0 aromatic heterocycles. The molecule has 0 aromatic rings. The van der Waals surface area contributed by atoms with E-state index in [0.717, 1.165) is 19.3 Å². The van der Waals surface area contributed by atoms with Crippen molar-refractivity contribution in [3.05, 3.63) is 0 Å². The summed E-state index contributed by atoms with van der Waals surface area (Å²) in [5.74, 6) is 0.245. The first-order chi connectivity index (χ1) is 8.24. The van der Waals surface area contributed by atoms with Crippen LogP contribution in [0.1, 0.15) is 71.1 Å². The molecule has 0 radical (unpaired) electrons. The first-order valence-electron chi connectivity index (χ1n) is 7.06. The van der Waals surface area contributed by atoms with Gasteiger partial charge in [-0.1, -0.05) is 45.4 Å². The van der Waals surface area contributed by atoms with Crippen molar-refractivity contribution < 1.29 is 9.59 Å². The second-order valence-corrected chi connectivity index (χ2v) is 5.00. The Hall–Kier alpha value is -0.860. The van der Waals surface area contributed by atoms with E-state index in [1.807, 2.05) is 0 Å². The Morgan fingerprint density at radius 1 is 1.18 bits per heavy atom. The van der Waals surface area contributed by atoms with Gasteiger partial charge in [-0.3, -0.25) is 9.59 Å². The summed E-state index contributed by atoms with van der Waals surface area (Å²) in [5, 5.41) is 2.79. The fourth-order valence-electron chi connectivity index (χ4n) is 2.07. The van der Waals surface area contributed by atoms with Crippen molar-refractivity contribution in [3.8, 4) is 0 Å². The summed E-state index contributed by atoms with van der Waals surface area (Å²) >= 11 is 0. The van der Waals surface area contributed by atoms with Crippen LogP contribution in [0.3, 0.4) is 0 Å². The van der Waals surface area contributed by atoms with Gasteiger partial charge < -0.3 is 5.32 Å². The van der Waals surface area contributed by atoms with Crippen molar-refractivity contribution >= 4 is 11.7 Å². The van der Waals surface area contributed by atoms with E-state index in [-0.39, 0.29) is 17.7 Å². The van der Waals surface area contributed by atoms with Gasteiger partial charge in [-0.15, -0.1) is 0 Å². The Kier molecular flexibility index (Phi) is 6.90. The number of hydrogen-bond donors (Lipinski definition) is 1. The average molecular weight is 239 g/mol. The molecule has 3 heteroatoms. The van der Waals surface area contributed by atoms with Crippen LogP contribution in [0, 0.1) is 0 Å². The molecule has 0 aromatic carbocycles. The summed E-state index contributed by atoms with van der Waals surface area (Å²) in [4.78, 5) is 22.5. The molecule has 0 aliphatic heterocycles. The van der Waals surface area contributed by atoms with Crippen LogP contribution in [-0.4, -0.2) is 17.7 Å². The number of carbonyl (C=O) groups is 2. The van der Waals surface area contributed by atoms with Gasteiger partial charge in [-0.05, 0) is 12.8 Å². The molecule has 1 fully saturated rings. The smallest absolute Gasteiger partial charge is 0.220 e. The third kappa shape index (κ3) is 5.85. The minimum Gasteiger partial charge on any atom is -0.346 e. The minimum absolute atomic E-state index is 0.0524. The molecule has 98 valence electrons. The fourth-order valence-corrected chi connectivity index (χ4v) is 2.07. The average Bonchev–Trinajstić information content (AvgIpc) is 2.33. The van der Waals surface area contributed by atoms with Gasteiger partial charge in [0.25, 0.3) is 0 Å².